The van der Waals surface area contributed by atoms with E-state index in [-0.39, 0.29) is 12.4 Å². The number of ketones is 1. The molecule has 0 spiro atoms. The van der Waals surface area contributed by atoms with Gasteiger partial charge in [0.05, 0.1) is 5.56 Å². The molecule has 1 fully saturated rings. The van der Waals surface area contributed by atoms with Gasteiger partial charge in [-0.1, -0.05) is 30.3 Å². The molecule has 0 radical (unpaired) electrons. The maximum atomic E-state index is 12.6. The minimum absolute atomic E-state index is 0.175. The summed E-state index contributed by atoms with van der Waals surface area (Å²) in [7, 11) is 0. The van der Waals surface area contributed by atoms with Crippen molar-refractivity contribution in [3.05, 3.63) is 88.7 Å². The number of esters is 1. The number of aromatic nitrogens is 1. The Morgan fingerprint density at radius 1 is 1.00 bits per heavy atom. The Hall–Kier alpha value is -3.34. The van der Waals surface area contributed by atoms with Crippen molar-refractivity contribution in [2.75, 3.05) is 6.61 Å². The van der Waals surface area contributed by atoms with Crippen molar-refractivity contribution in [3.63, 3.8) is 0 Å². The average Bonchev–Trinajstić information content (AvgIpc) is 3.55. The summed E-state index contributed by atoms with van der Waals surface area (Å²) in [4.78, 5) is 24.9. The van der Waals surface area contributed by atoms with Gasteiger partial charge in [0.25, 0.3) is 0 Å². The first-order chi connectivity index (χ1) is 14.5. The van der Waals surface area contributed by atoms with Crippen LogP contribution in [0.4, 0.5) is 0 Å². The Balaban J connectivity index is 1.31. The van der Waals surface area contributed by atoms with Crippen molar-refractivity contribution in [2.24, 2.45) is 0 Å². The van der Waals surface area contributed by atoms with Crippen molar-refractivity contribution in [3.8, 4) is 5.75 Å². The van der Waals surface area contributed by atoms with E-state index in [1.54, 1.807) is 24.3 Å². The summed E-state index contributed by atoms with van der Waals surface area (Å²) in [5.74, 6) is -0.0286. The molecule has 1 heterocycles. The second kappa shape index (κ2) is 8.57. The Morgan fingerprint density at radius 2 is 1.70 bits per heavy atom. The molecule has 5 heteroatoms. The van der Waals surface area contributed by atoms with Crippen LogP contribution in [-0.4, -0.2) is 22.9 Å². The molecule has 1 saturated carbocycles. The largest absolute Gasteiger partial charge is 0.489 e. The van der Waals surface area contributed by atoms with Gasteiger partial charge in [-0.2, -0.15) is 0 Å². The molecule has 5 nitrogen and oxygen atoms in total. The van der Waals surface area contributed by atoms with Crippen LogP contribution in [-0.2, 0) is 11.3 Å². The summed E-state index contributed by atoms with van der Waals surface area (Å²) < 4.78 is 13.2. The summed E-state index contributed by atoms with van der Waals surface area (Å²) in [6.07, 6.45) is 2.31. The highest BCUT2D eigenvalue weighted by molar-refractivity contribution is 6.00. The number of hydrogen-bond donors (Lipinski definition) is 0. The molecule has 3 aromatic rings. The third-order valence-electron chi connectivity index (χ3n) is 5.37. The van der Waals surface area contributed by atoms with Gasteiger partial charge in [-0.3, -0.25) is 4.79 Å². The van der Waals surface area contributed by atoms with Gasteiger partial charge in [-0.25, -0.2) is 4.79 Å². The molecule has 154 valence electrons. The molecule has 4 rings (SSSR count). The molecular weight excluding hydrogens is 378 g/mol. The Labute approximate surface area is 176 Å². The summed E-state index contributed by atoms with van der Waals surface area (Å²) in [5.41, 5.74) is 4.13. The number of carbonyl (C=O) groups excluding carboxylic acids is 2. The van der Waals surface area contributed by atoms with Crippen molar-refractivity contribution in [1.29, 1.82) is 0 Å². The summed E-state index contributed by atoms with van der Waals surface area (Å²) in [6, 6.07) is 19.0. The lowest BCUT2D eigenvalue weighted by molar-refractivity contribution is 0.0474. The molecule has 0 N–H and O–H groups in total. The molecular formula is C25H25NO4. The summed E-state index contributed by atoms with van der Waals surface area (Å²) >= 11 is 0. The Morgan fingerprint density at radius 3 is 2.37 bits per heavy atom. The number of carbonyl (C=O) groups is 2. The van der Waals surface area contributed by atoms with Crippen molar-refractivity contribution >= 4 is 11.8 Å². The van der Waals surface area contributed by atoms with Crippen LogP contribution in [0.1, 0.15) is 56.6 Å². The second-order valence-corrected chi connectivity index (χ2v) is 7.68. The highest BCUT2D eigenvalue weighted by atomic mass is 16.5. The normalized spacial score (nSPS) is 13.1. The zero-order chi connectivity index (χ0) is 21.1. The second-order valence-electron chi connectivity index (χ2n) is 7.68. The van der Waals surface area contributed by atoms with E-state index >= 15 is 0 Å². The zero-order valence-corrected chi connectivity index (χ0v) is 17.3. The molecule has 0 amide bonds. The summed E-state index contributed by atoms with van der Waals surface area (Å²) in [5, 5.41) is 0. The number of aryl methyl sites for hydroxylation is 1. The molecule has 1 aliphatic rings. The smallest absolute Gasteiger partial charge is 0.338 e. The number of ether oxygens (including phenoxy) is 2. The van der Waals surface area contributed by atoms with Crippen molar-refractivity contribution < 1.29 is 19.1 Å². The van der Waals surface area contributed by atoms with E-state index in [9.17, 15) is 9.59 Å². The van der Waals surface area contributed by atoms with Gasteiger partial charge >= 0.3 is 5.97 Å². The first-order valence-corrected chi connectivity index (χ1v) is 10.2. The van der Waals surface area contributed by atoms with E-state index in [1.165, 1.54) is 0 Å². The molecule has 0 bridgehead atoms. The zero-order valence-electron chi connectivity index (χ0n) is 17.3. The molecule has 1 aliphatic carbocycles. The molecule has 0 atom stereocenters. The first kappa shape index (κ1) is 20.0. The van der Waals surface area contributed by atoms with Gasteiger partial charge in [0.2, 0.25) is 5.78 Å². The maximum Gasteiger partial charge on any atom is 0.338 e. The van der Waals surface area contributed by atoms with E-state index in [0.29, 0.717) is 29.5 Å². The van der Waals surface area contributed by atoms with E-state index in [1.807, 2.05) is 50.2 Å². The fourth-order valence-corrected chi connectivity index (χ4v) is 3.67. The van der Waals surface area contributed by atoms with Crippen LogP contribution in [0.5, 0.6) is 5.75 Å². The van der Waals surface area contributed by atoms with Gasteiger partial charge in [0.15, 0.2) is 6.61 Å². The number of nitrogens with zero attached hydrogens (tertiary/aromatic N) is 1. The molecule has 30 heavy (non-hydrogen) atoms. The standard InChI is InChI=1S/C25H25NO4/c1-17-14-23(18(2)26(17)21-10-11-21)24(27)16-30-25(28)20-8-12-22(13-9-20)29-15-19-6-4-3-5-7-19/h3-9,12-14,21H,10-11,15-16H2,1-2H3. The van der Waals surface area contributed by atoms with Crippen LogP contribution in [0, 0.1) is 13.8 Å². The number of benzene rings is 2. The van der Waals surface area contributed by atoms with E-state index in [4.69, 9.17) is 9.47 Å². The highest BCUT2D eigenvalue weighted by Crippen LogP contribution is 2.38. The van der Waals surface area contributed by atoms with Crippen molar-refractivity contribution in [2.45, 2.75) is 39.3 Å². The molecule has 1 aromatic heterocycles. The lowest BCUT2D eigenvalue weighted by Gasteiger charge is -2.09. The Kier molecular flexibility index (Phi) is 5.70. The lowest BCUT2D eigenvalue weighted by atomic mass is 10.1. The average molecular weight is 403 g/mol. The fraction of sp³-hybridized carbons (Fsp3) is 0.280. The van der Waals surface area contributed by atoms with E-state index in [2.05, 4.69) is 4.57 Å². The van der Waals surface area contributed by atoms with Gasteiger partial charge in [-0.05, 0) is 62.6 Å². The third kappa shape index (κ3) is 4.46. The first-order valence-electron chi connectivity index (χ1n) is 10.2. The van der Waals surface area contributed by atoms with Gasteiger partial charge in [0, 0.05) is 23.0 Å². The Bertz CT molecular complexity index is 1050. The third-order valence-corrected chi connectivity index (χ3v) is 5.37. The lowest BCUT2D eigenvalue weighted by Crippen LogP contribution is -2.15. The van der Waals surface area contributed by atoms with Crippen molar-refractivity contribution in [1.82, 2.24) is 4.57 Å². The predicted molar refractivity (Wildman–Crippen MR) is 114 cm³/mol. The van der Waals surface area contributed by atoms with Crippen LogP contribution >= 0.6 is 0 Å². The van der Waals surface area contributed by atoms with Gasteiger partial charge in [-0.15, -0.1) is 0 Å². The SMILES string of the molecule is Cc1cc(C(=O)COC(=O)c2ccc(OCc3ccccc3)cc2)c(C)n1C1CC1. The van der Waals surface area contributed by atoms with Gasteiger partial charge in [0.1, 0.15) is 12.4 Å². The topological polar surface area (TPSA) is 57.5 Å². The fourth-order valence-electron chi connectivity index (χ4n) is 3.67. The molecule has 2 aromatic carbocycles. The van der Waals surface area contributed by atoms with Crippen LogP contribution in [0.2, 0.25) is 0 Å². The maximum absolute atomic E-state index is 12.6. The van der Waals surface area contributed by atoms with Gasteiger partial charge < -0.3 is 14.0 Å². The number of Topliss-reactive ketones (excluding diaryl/α,β-unsaturated/α-hetero) is 1. The minimum atomic E-state index is -0.519. The van der Waals surface area contributed by atoms with Crippen LogP contribution < -0.4 is 4.74 Å². The predicted octanol–water partition coefficient (Wildman–Crippen LogP) is 5.06. The van der Waals surface area contributed by atoms with E-state index in [0.717, 1.165) is 29.8 Å². The van der Waals surface area contributed by atoms with Crippen LogP contribution in [0.3, 0.4) is 0 Å². The van der Waals surface area contributed by atoms with Crippen LogP contribution in [0.15, 0.2) is 60.7 Å². The molecule has 0 saturated heterocycles. The summed E-state index contributed by atoms with van der Waals surface area (Å²) in [6.45, 7) is 4.16. The molecule has 0 unspecified atom stereocenters. The minimum Gasteiger partial charge on any atom is -0.489 e. The van der Waals surface area contributed by atoms with E-state index < -0.39 is 5.97 Å². The number of hydrogen-bond acceptors (Lipinski definition) is 4. The molecule has 0 aliphatic heterocycles. The monoisotopic (exact) mass is 403 g/mol. The highest BCUT2D eigenvalue weighted by Gasteiger charge is 2.28. The quantitative estimate of drug-likeness (QED) is 0.390. The number of rotatable bonds is 8. The van der Waals surface area contributed by atoms with Crippen LogP contribution in [0.25, 0.3) is 0 Å².